The molecule has 1 aliphatic heterocycles. The van der Waals surface area contributed by atoms with Crippen LogP contribution in [0.5, 0.6) is 0 Å². The molecule has 94 valence electrons. The van der Waals surface area contributed by atoms with Gasteiger partial charge in [-0.25, -0.2) is 0 Å². The Labute approximate surface area is 99.6 Å². The summed E-state index contributed by atoms with van der Waals surface area (Å²) in [5, 5.41) is 3.43. The van der Waals surface area contributed by atoms with Crippen molar-refractivity contribution in [3.05, 3.63) is 0 Å². The van der Waals surface area contributed by atoms with Crippen molar-refractivity contribution in [1.82, 2.24) is 10.2 Å². The van der Waals surface area contributed by atoms with E-state index in [1.807, 2.05) is 4.90 Å². The van der Waals surface area contributed by atoms with E-state index >= 15 is 0 Å². The van der Waals surface area contributed by atoms with Gasteiger partial charge in [0.1, 0.15) is 0 Å². The summed E-state index contributed by atoms with van der Waals surface area (Å²) in [5.74, 6) is 0.343. The number of likely N-dealkylation sites (tertiary alicyclic amines) is 1. The molecule has 3 heteroatoms. The SMILES string of the molecule is CC(C)(C)NCCN1CCCCCCC1=O. The van der Waals surface area contributed by atoms with E-state index in [1.54, 1.807) is 0 Å². The average Bonchev–Trinajstić information content (AvgIpc) is 2.15. The van der Waals surface area contributed by atoms with Gasteiger partial charge in [0.25, 0.3) is 0 Å². The number of hydrogen-bond acceptors (Lipinski definition) is 2. The number of rotatable bonds is 3. The fraction of sp³-hybridized carbons (Fsp3) is 0.923. The Morgan fingerprint density at radius 2 is 1.88 bits per heavy atom. The lowest BCUT2D eigenvalue weighted by Gasteiger charge is -2.27. The van der Waals surface area contributed by atoms with Gasteiger partial charge in [0, 0.05) is 31.6 Å². The average molecular weight is 226 g/mol. The molecule has 1 saturated heterocycles. The van der Waals surface area contributed by atoms with E-state index in [9.17, 15) is 4.79 Å². The highest BCUT2D eigenvalue weighted by molar-refractivity contribution is 5.76. The minimum absolute atomic E-state index is 0.145. The molecule has 0 bridgehead atoms. The van der Waals surface area contributed by atoms with Crippen molar-refractivity contribution in [3.8, 4) is 0 Å². The second-order valence-electron chi connectivity index (χ2n) is 5.72. The molecule has 1 aliphatic rings. The Hall–Kier alpha value is -0.570. The summed E-state index contributed by atoms with van der Waals surface area (Å²) in [4.78, 5) is 13.8. The van der Waals surface area contributed by atoms with E-state index in [0.717, 1.165) is 32.5 Å². The van der Waals surface area contributed by atoms with Gasteiger partial charge in [-0.05, 0) is 33.6 Å². The molecule has 1 rings (SSSR count). The molecule has 0 aromatic rings. The smallest absolute Gasteiger partial charge is 0.222 e. The molecule has 0 aromatic carbocycles. The zero-order valence-electron chi connectivity index (χ0n) is 11.0. The fourth-order valence-electron chi connectivity index (χ4n) is 2.02. The third kappa shape index (κ3) is 5.50. The summed E-state index contributed by atoms with van der Waals surface area (Å²) in [5.41, 5.74) is 0.145. The molecule has 1 fully saturated rings. The van der Waals surface area contributed by atoms with Gasteiger partial charge in [-0.1, -0.05) is 12.8 Å². The lowest BCUT2D eigenvalue weighted by atomic mass is 10.1. The zero-order valence-corrected chi connectivity index (χ0v) is 11.0. The second-order valence-corrected chi connectivity index (χ2v) is 5.72. The minimum atomic E-state index is 0.145. The maximum atomic E-state index is 11.8. The number of amides is 1. The molecule has 16 heavy (non-hydrogen) atoms. The van der Waals surface area contributed by atoms with Gasteiger partial charge < -0.3 is 10.2 Å². The highest BCUT2D eigenvalue weighted by Crippen LogP contribution is 2.11. The quantitative estimate of drug-likeness (QED) is 0.800. The highest BCUT2D eigenvalue weighted by atomic mass is 16.2. The van der Waals surface area contributed by atoms with Gasteiger partial charge >= 0.3 is 0 Å². The highest BCUT2D eigenvalue weighted by Gasteiger charge is 2.16. The Balaban J connectivity index is 2.29. The molecule has 0 saturated carbocycles. The molecule has 0 radical (unpaired) electrons. The molecule has 1 heterocycles. The topological polar surface area (TPSA) is 32.3 Å². The first-order chi connectivity index (χ1) is 7.49. The van der Waals surface area contributed by atoms with Crippen LogP contribution in [0, 0.1) is 0 Å². The van der Waals surface area contributed by atoms with Crippen LogP contribution in [0.2, 0.25) is 0 Å². The van der Waals surface area contributed by atoms with Crippen LogP contribution in [0.15, 0.2) is 0 Å². The molecule has 0 aliphatic carbocycles. The summed E-state index contributed by atoms with van der Waals surface area (Å²) in [6.45, 7) is 9.17. The van der Waals surface area contributed by atoms with Crippen molar-refractivity contribution in [2.45, 2.75) is 58.4 Å². The Bertz CT molecular complexity index is 220. The number of carbonyl (C=O) groups excluding carboxylic acids is 1. The number of nitrogens with one attached hydrogen (secondary N) is 1. The minimum Gasteiger partial charge on any atom is -0.341 e. The molecule has 0 atom stereocenters. The van der Waals surface area contributed by atoms with Crippen molar-refractivity contribution in [2.24, 2.45) is 0 Å². The van der Waals surface area contributed by atoms with Crippen LogP contribution in [-0.2, 0) is 4.79 Å². The molecular weight excluding hydrogens is 200 g/mol. The van der Waals surface area contributed by atoms with Crippen LogP contribution in [0.4, 0.5) is 0 Å². The van der Waals surface area contributed by atoms with Crippen LogP contribution in [0.25, 0.3) is 0 Å². The summed E-state index contributed by atoms with van der Waals surface area (Å²) in [6.07, 6.45) is 5.48. The van der Waals surface area contributed by atoms with Gasteiger partial charge in [-0.3, -0.25) is 4.79 Å². The largest absolute Gasteiger partial charge is 0.341 e. The lowest BCUT2D eigenvalue weighted by molar-refractivity contribution is -0.131. The molecular formula is C13H26N2O. The van der Waals surface area contributed by atoms with E-state index in [-0.39, 0.29) is 5.54 Å². The van der Waals surface area contributed by atoms with Gasteiger partial charge in [-0.2, -0.15) is 0 Å². The monoisotopic (exact) mass is 226 g/mol. The van der Waals surface area contributed by atoms with Crippen LogP contribution in [0.1, 0.15) is 52.9 Å². The van der Waals surface area contributed by atoms with Crippen molar-refractivity contribution < 1.29 is 4.79 Å². The standard InChI is InChI=1S/C13H26N2O/c1-13(2,3)14-9-11-15-10-7-5-4-6-8-12(15)16/h14H,4-11H2,1-3H3. The van der Waals surface area contributed by atoms with Crippen LogP contribution >= 0.6 is 0 Å². The van der Waals surface area contributed by atoms with E-state index in [0.29, 0.717) is 5.91 Å². The Kier molecular flexibility index (Phi) is 5.26. The van der Waals surface area contributed by atoms with E-state index in [2.05, 4.69) is 26.1 Å². The van der Waals surface area contributed by atoms with Gasteiger partial charge in [-0.15, -0.1) is 0 Å². The third-order valence-corrected chi connectivity index (χ3v) is 2.96. The van der Waals surface area contributed by atoms with E-state index in [4.69, 9.17) is 0 Å². The predicted octanol–water partition coefficient (Wildman–Crippen LogP) is 2.17. The van der Waals surface area contributed by atoms with E-state index in [1.165, 1.54) is 19.3 Å². The Morgan fingerprint density at radius 3 is 2.56 bits per heavy atom. The number of hydrogen-bond donors (Lipinski definition) is 1. The Morgan fingerprint density at radius 1 is 1.19 bits per heavy atom. The van der Waals surface area contributed by atoms with Gasteiger partial charge in [0.05, 0.1) is 0 Å². The normalized spacial score (nSPS) is 19.4. The third-order valence-electron chi connectivity index (χ3n) is 2.96. The molecule has 3 nitrogen and oxygen atoms in total. The summed E-state index contributed by atoms with van der Waals surface area (Å²) < 4.78 is 0. The van der Waals surface area contributed by atoms with Crippen LogP contribution < -0.4 is 5.32 Å². The van der Waals surface area contributed by atoms with Crippen LogP contribution in [0.3, 0.4) is 0 Å². The maximum Gasteiger partial charge on any atom is 0.222 e. The van der Waals surface area contributed by atoms with Crippen molar-refractivity contribution in [1.29, 1.82) is 0 Å². The molecule has 1 amide bonds. The fourth-order valence-corrected chi connectivity index (χ4v) is 2.02. The molecule has 0 aromatic heterocycles. The number of nitrogens with zero attached hydrogens (tertiary/aromatic N) is 1. The number of carbonyl (C=O) groups is 1. The first-order valence-electron chi connectivity index (χ1n) is 6.52. The molecule has 0 spiro atoms. The first-order valence-corrected chi connectivity index (χ1v) is 6.52. The van der Waals surface area contributed by atoms with Gasteiger partial charge in [0.15, 0.2) is 0 Å². The summed E-state index contributed by atoms with van der Waals surface area (Å²) in [7, 11) is 0. The van der Waals surface area contributed by atoms with Crippen molar-refractivity contribution in [2.75, 3.05) is 19.6 Å². The zero-order chi connectivity index (χ0) is 12.0. The first kappa shape index (κ1) is 13.5. The summed E-state index contributed by atoms with van der Waals surface area (Å²) >= 11 is 0. The predicted molar refractivity (Wildman–Crippen MR) is 67.4 cm³/mol. The van der Waals surface area contributed by atoms with E-state index < -0.39 is 0 Å². The van der Waals surface area contributed by atoms with Crippen molar-refractivity contribution >= 4 is 5.91 Å². The molecule has 1 N–H and O–H groups in total. The summed E-state index contributed by atoms with van der Waals surface area (Å²) in [6, 6.07) is 0. The molecule has 0 unspecified atom stereocenters. The lowest BCUT2D eigenvalue weighted by Crippen LogP contribution is -2.43. The maximum absolute atomic E-state index is 11.8. The van der Waals surface area contributed by atoms with Crippen molar-refractivity contribution in [3.63, 3.8) is 0 Å². The second kappa shape index (κ2) is 6.24. The van der Waals surface area contributed by atoms with Crippen LogP contribution in [-0.4, -0.2) is 36.0 Å². The van der Waals surface area contributed by atoms with Gasteiger partial charge in [0.2, 0.25) is 5.91 Å².